The maximum atomic E-state index is 13.9. The molecule has 4 aliphatic rings. The zero-order chi connectivity index (χ0) is 33.3. The second kappa shape index (κ2) is 14.1. The van der Waals surface area contributed by atoms with E-state index in [1.165, 1.54) is 11.3 Å². The molecule has 0 saturated carbocycles. The van der Waals surface area contributed by atoms with Crippen molar-refractivity contribution in [3.05, 3.63) is 58.4 Å². The van der Waals surface area contributed by atoms with Crippen molar-refractivity contribution in [3.63, 3.8) is 0 Å². The smallest absolute Gasteiger partial charge is 0.222 e. The molecule has 47 heavy (non-hydrogen) atoms. The normalized spacial score (nSPS) is 22.9. The van der Waals surface area contributed by atoms with E-state index in [0.29, 0.717) is 49.4 Å². The lowest BCUT2D eigenvalue weighted by atomic mass is 9.71. The number of aliphatic hydroxyl groups excluding tert-OH is 1. The average Bonchev–Trinajstić information content (AvgIpc) is 3.46. The summed E-state index contributed by atoms with van der Waals surface area (Å²) in [6.45, 7) is 10.1. The number of carbonyl (C=O) groups is 3. The van der Waals surface area contributed by atoms with E-state index in [4.69, 9.17) is 9.98 Å². The van der Waals surface area contributed by atoms with Crippen LogP contribution >= 0.6 is 0 Å². The highest BCUT2D eigenvalue weighted by atomic mass is 16.3. The van der Waals surface area contributed by atoms with Gasteiger partial charge >= 0.3 is 0 Å². The van der Waals surface area contributed by atoms with Gasteiger partial charge in [0.15, 0.2) is 11.6 Å². The maximum Gasteiger partial charge on any atom is 0.222 e. The monoisotopic (exact) mass is 640 g/mol. The van der Waals surface area contributed by atoms with Crippen LogP contribution in [-0.2, 0) is 28.9 Å². The second-order valence-corrected chi connectivity index (χ2v) is 15.7. The van der Waals surface area contributed by atoms with Crippen LogP contribution in [0.15, 0.2) is 35.3 Å². The minimum Gasteiger partial charge on any atom is -0.393 e. The van der Waals surface area contributed by atoms with Gasteiger partial charge in [-0.2, -0.15) is 0 Å². The fourth-order valence-electron chi connectivity index (χ4n) is 7.99. The number of hydrogen-bond donors (Lipinski definition) is 1. The molecule has 1 amide bonds. The number of ketones is 2. The number of amides is 1. The Morgan fingerprint density at radius 2 is 1.81 bits per heavy atom. The van der Waals surface area contributed by atoms with Gasteiger partial charge in [-0.1, -0.05) is 39.0 Å². The van der Waals surface area contributed by atoms with Crippen LogP contribution in [0, 0.1) is 17.3 Å². The Hall–Kier alpha value is -3.23. The number of piperidine rings is 2. The van der Waals surface area contributed by atoms with Crippen molar-refractivity contribution in [1.82, 2.24) is 14.8 Å². The molecule has 2 fully saturated rings. The molecule has 3 atom stereocenters. The van der Waals surface area contributed by atoms with Gasteiger partial charge in [0, 0.05) is 63.6 Å². The van der Waals surface area contributed by atoms with E-state index in [2.05, 4.69) is 31.7 Å². The Balaban J connectivity index is 1.17. The van der Waals surface area contributed by atoms with Crippen LogP contribution in [-0.4, -0.2) is 82.4 Å². The molecule has 252 valence electrons. The number of pyridine rings is 1. The Morgan fingerprint density at radius 3 is 2.55 bits per heavy atom. The third-order valence-corrected chi connectivity index (χ3v) is 11.2. The highest BCUT2D eigenvalue weighted by Crippen LogP contribution is 2.39. The lowest BCUT2D eigenvalue weighted by molar-refractivity contribution is -0.133. The van der Waals surface area contributed by atoms with Gasteiger partial charge in [0.1, 0.15) is 0 Å². The first-order valence-electron chi connectivity index (χ1n) is 17.8. The lowest BCUT2D eigenvalue weighted by Crippen LogP contribution is -2.37. The topological polar surface area (TPSA) is 103 Å². The van der Waals surface area contributed by atoms with E-state index in [9.17, 15) is 19.5 Å². The third kappa shape index (κ3) is 8.09. The zero-order valence-corrected chi connectivity index (χ0v) is 28.8. The number of aliphatic hydroxyl groups is 1. The first kappa shape index (κ1) is 33.7. The molecule has 0 spiro atoms. The summed E-state index contributed by atoms with van der Waals surface area (Å²) in [5.41, 5.74) is 6.76. The molecule has 6 rings (SSSR count). The van der Waals surface area contributed by atoms with Crippen molar-refractivity contribution < 1.29 is 19.5 Å². The fourth-order valence-corrected chi connectivity index (χ4v) is 7.99. The zero-order valence-electron chi connectivity index (χ0n) is 28.8. The first-order valence-corrected chi connectivity index (χ1v) is 17.8. The van der Waals surface area contributed by atoms with Gasteiger partial charge in [-0.05, 0) is 97.9 Å². The summed E-state index contributed by atoms with van der Waals surface area (Å²) in [4.78, 5) is 53.3. The molecule has 1 N–H and O–H groups in total. The molecule has 2 aromatic rings. The van der Waals surface area contributed by atoms with Crippen LogP contribution in [0.1, 0.15) is 111 Å². The first-order chi connectivity index (χ1) is 22.4. The van der Waals surface area contributed by atoms with Crippen LogP contribution in [0.25, 0.3) is 0 Å². The van der Waals surface area contributed by atoms with E-state index in [-0.39, 0.29) is 40.8 Å². The minimum atomic E-state index is -0.228. The molecule has 1 aromatic heterocycles. The highest BCUT2D eigenvalue weighted by Gasteiger charge is 2.32. The summed E-state index contributed by atoms with van der Waals surface area (Å²) in [6.07, 6.45) is 7.73. The van der Waals surface area contributed by atoms with Crippen molar-refractivity contribution in [2.75, 3.05) is 33.2 Å². The van der Waals surface area contributed by atoms with E-state index in [0.717, 1.165) is 81.5 Å². The standard InChI is InChI=1S/C39H52N4O4/c1-39(2,3)30-9-10-32-29(20-30)21-33-34(40-32)23-35(41-33)37(46)22-27(12-15-43-16-13-31(44)14-17-43)26-6-5-7-28(19-26)36(45)18-25-8-11-38(47)42(4)24-25/h5-7,19,21,25,27,30-31,44H,8-18,20,22-24H2,1-4H3/t25?,27-,30-/m0/s1. The van der Waals surface area contributed by atoms with Gasteiger partial charge in [0.05, 0.1) is 23.2 Å². The molecule has 8 nitrogen and oxygen atoms in total. The lowest BCUT2D eigenvalue weighted by Gasteiger charge is -2.34. The molecule has 1 unspecified atom stereocenters. The third-order valence-electron chi connectivity index (χ3n) is 11.2. The van der Waals surface area contributed by atoms with Gasteiger partial charge < -0.3 is 14.9 Å². The Bertz CT molecular complexity index is 1530. The molecule has 0 radical (unpaired) electrons. The minimum absolute atomic E-state index is 0.0549. The van der Waals surface area contributed by atoms with E-state index >= 15 is 0 Å². The SMILES string of the molecule is CN1CC(CC(=O)c2cccc([C@@H](CCN3CCC(O)CC3)CC(=O)C3=Nc4cc5c(nc4C3)CC[C@H](C(C)(C)C)C5)c2)CCC1=O. The van der Waals surface area contributed by atoms with Crippen LogP contribution in [0.4, 0.5) is 5.69 Å². The number of aryl methyl sites for hydroxylation is 1. The van der Waals surface area contributed by atoms with E-state index < -0.39 is 0 Å². The summed E-state index contributed by atoms with van der Waals surface area (Å²) in [7, 11) is 1.81. The highest BCUT2D eigenvalue weighted by molar-refractivity contribution is 6.41. The number of Topliss-reactive ketones (excluding diaryl/α,β-unsaturated/α-hetero) is 2. The van der Waals surface area contributed by atoms with Crippen LogP contribution < -0.4 is 0 Å². The molecular formula is C39H52N4O4. The van der Waals surface area contributed by atoms with Crippen LogP contribution in [0.3, 0.4) is 0 Å². The van der Waals surface area contributed by atoms with Gasteiger partial charge in [0.2, 0.25) is 5.91 Å². The van der Waals surface area contributed by atoms with Crippen molar-refractivity contribution in [3.8, 4) is 0 Å². The molecule has 1 aliphatic carbocycles. The number of carbonyl (C=O) groups excluding carboxylic acids is 3. The predicted molar refractivity (Wildman–Crippen MR) is 184 cm³/mol. The number of hydrogen-bond acceptors (Lipinski definition) is 7. The van der Waals surface area contributed by atoms with Crippen molar-refractivity contribution in [2.24, 2.45) is 22.2 Å². The van der Waals surface area contributed by atoms with E-state index in [1.54, 1.807) is 4.90 Å². The number of fused-ring (bicyclic) bond motifs is 2. The van der Waals surface area contributed by atoms with E-state index in [1.807, 2.05) is 31.3 Å². The van der Waals surface area contributed by atoms with Gasteiger partial charge in [-0.15, -0.1) is 0 Å². The molecule has 2 saturated heterocycles. The number of aromatic nitrogens is 1. The molecule has 1 aromatic carbocycles. The maximum absolute atomic E-state index is 13.9. The quantitative estimate of drug-likeness (QED) is 0.325. The van der Waals surface area contributed by atoms with Gasteiger partial charge in [-0.3, -0.25) is 19.4 Å². The van der Waals surface area contributed by atoms with Gasteiger partial charge in [-0.25, -0.2) is 4.99 Å². The molecule has 8 heteroatoms. The Labute approximate surface area is 280 Å². The van der Waals surface area contributed by atoms with Gasteiger partial charge in [0.25, 0.3) is 0 Å². The summed E-state index contributed by atoms with van der Waals surface area (Å²) < 4.78 is 0. The number of likely N-dealkylation sites (tertiary alicyclic amines) is 2. The fraction of sp³-hybridized carbons (Fsp3) is 0.615. The predicted octanol–water partition coefficient (Wildman–Crippen LogP) is 5.89. The van der Waals surface area contributed by atoms with Crippen molar-refractivity contribution >= 4 is 28.9 Å². The molecule has 0 bridgehead atoms. The molecular weight excluding hydrogens is 588 g/mol. The molecule has 4 heterocycles. The summed E-state index contributed by atoms with van der Waals surface area (Å²) in [6, 6.07) is 10.0. The van der Waals surface area contributed by atoms with Crippen LogP contribution in [0.5, 0.6) is 0 Å². The Kier molecular flexibility index (Phi) is 10.1. The number of rotatable bonds is 10. The molecule has 3 aliphatic heterocycles. The Morgan fingerprint density at radius 1 is 1.02 bits per heavy atom. The van der Waals surface area contributed by atoms with Crippen molar-refractivity contribution in [1.29, 1.82) is 0 Å². The van der Waals surface area contributed by atoms with Crippen LogP contribution in [0.2, 0.25) is 0 Å². The number of nitrogens with zero attached hydrogens (tertiary/aromatic N) is 4. The second-order valence-electron chi connectivity index (χ2n) is 15.7. The summed E-state index contributed by atoms with van der Waals surface area (Å²) in [5.74, 6) is 1.02. The average molecular weight is 641 g/mol. The summed E-state index contributed by atoms with van der Waals surface area (Å²) in [5, 5.41) is 10.0. The largest absolute Gasteiger partial charge is 0.393 e. The number of aliphatic imine (C=N–C) groups is 1. The summed E-state index contributed by atoms with van der Waals surface area (Å²) >= 11 is 0. The van der Waals surface area contributed by atoms with Crippen molar-refractivity contribution in [2.45, 2.75) is 103 Å². The number of benzene rings is 1.